The summed E-state index contributed by atoms with van der Waals surface area (Å²) in [6.45, 7) is 1.49. The van der Waals surface area contributed by atoms with Gasteiger partial charge in [0, 0.05) is 37.6 Å². The number of hydrogen-bond donors (Lipinski definition) is 0. The number of rotatable bonds is 5. The molecule has 25 heavy (non-hydrogen) atoms. The number of ether oxygens (including phenoxy) is 2. The van der Waals surface area contributed by atoms with Crippen molar-refractivity contribution in [2.24, 2.45) is 0 Å². The van der Waals surface area contributed by atoms with E-state index in [0.29, 0.717) is 6.54 Å². The number of hydrogen-bond acceptors (Lipinski definition) is 4. The fraction of sp³-hybridized carbons (Fsp3) is 0.550. The summed E-state index contributed by atoms with van der Waals surface area (Å²) in [4.78, 5) is 14.0. The smallest absolute Gasteiger partial charge is 0.260 e. The Labute approximate surface area is 147 Å². The summed E-state index contributed by atoms with van der Waals surface area (Å²) >= 11 is 0. The standard InChI is InChI=1S/C20H25NO4/c1-21(12-15-5-4-10-23-15)20(22)13-24-14-8-9-19-17(11-14)16-6-2-3-7-18(16)25-19/h8-9,11,15H,2-7,10,12-13H2,1H3. The molecule has 1 aromatic carbocycles. The minimum atomic E-state index is -0.0233. The summed E-state index contributed by atoms with van der Waals surface area (Å²) < 4.78 is 17.3. The van der Waals surface area contributed by atoms with Crippen molar-refractivity contribution in [1.82, 2.24) is 4.90 Å². The molecule has 2 aliphatic rings. The van der Waals surface area contributed by atoms with Crippen molar-refractivity contribution < 1.29 is 18.7 Å². The van der Waals surface area contributed by atoms with Crippen LogP contribution in [-0.2, 0) is 22.4 Å². The summed E-state index contributed by atoms with van der Waals surface area (Å²) in [5, 5.41) is 1.13. The van der Waals surface area contributed by atoms with Gasteiger partial charge >= 0.3 is 0 Å². The second-order valence-electron chi connectivity index (χ2n) is 7.07. The van der Waals surface area contributed by atoms with Crippen molar-refractivity contribution in [3.63, 3.8) is 0 Å². The maximum atomic E-state index is 12.3. The first-order chi connectivity index (χ1) is 12.2. The van der Waals surface area contributed by atoms with Crippen LogP contribution >= 0.6 is 0 Å². The van der Waals surface area contributed by atoms with Crippen molar-refractivity contribution in [2.75, 3.05) is 26.8 Å². The summed E-state index contributed by atoms with van der Waals surface area (Å²) in [7, 11) is 1.81. The molecule has 1 amide bonds. The lowest BCUT2D eigenvalue weighted by Crippen LogP contribution is -2.37. The quantitative estimate of drug-likeness (QED) is 0.836. The molecule has 1 aromatic heterocycles. The van der Waals surface area contributed by atoms with Gasteiger partial charge in [0.1, 0.15) is 17.1 Å². The van der Waals surface area contributed by atoms with E-state index in [1.54, 1.807) is 4.90 Å². The Kier molecular flexibility index (Phi) is 4.66. The van der Waals surface area contributed by atoms with Crippen molar-refractivity contribution in [3.05, 3.63) is 29.5 Å². The third-order valence-electron chi connectivity index (χ3n) is 5.22. The van der Waals surface area contributed by atoms with Crippen LogP contribution < -0.4 is 4.74 Å². The molecule has 0 bridgehead atoms. The molecule has 1 aliphatic heterocycles. The second-order valence-corrected chi connectivity index (χ2v) is 7.07. The van der Waals surface area contributed by atoms with Gasteiger partial charge in [0.05, 0.1) is 6.10 Å². The second kappa shape index (κ2) is 7.08. The highest BCUT2D eigenvalue weighted by Gasteiger charge is 2.21. The summed E-state index contributed by atoms with van der Waals surface area (Å²) in [6, 6.07) is 5.84. The van der Waals surface area contributed by atoms with Gasteiger partial charge < -0.3 is 18.8 Å². The van der Waals surface area contributed by atoms with Gasteiger partial charge in [-0.15, -0.1) is 0 Å². The van der Waals surface area contributed by atoms with Gasteiger partial charge in [-0.1, -0.05) is 0 Å². The summed E-state index contributed by atoms with van der Waals surface area (Å²) in [5.41, 5.74) is 2.23. The fourth-order valence-electron chi connectivity index (χ4n) is 3.78. The van der Waals surface area contributed by atoms with E-state index in [0.717, 1.165) is 54.8 Å². The lowest BCUT2D eigenvalue weighted by atomic mass is 9.96. The number of furan rings is 1. The van der Waals surface area contributed by atoms with Gasteiger partial charge in [0.15, 0.2) is 6.61 Å². The van der Waals surface area contributed by atoms with Crippen LogP contribution in [0.15, 0.2) is 22.6 Å². The summed E-state index contributed by atoms with van der Waals surface area (Å²) in [6.07, 6.45) is 6.77. The van der Waals surface area contributed by atoms with Crippen LogP contribution in [0.3, 0.4) is 0 Å². The third kappa shape index (κ3) is 3.52. The van der Waals surface area contributed by atoms with E-state index in [9.17, 15) is 4.79 Å². The zero-order chi connectivity index (χ0) is 17.2. The molecule has 1 aliphatic carbocycles. The number of fused-ring (bicyclic) bond motifs is 3. The van der Waals surface area contributed by atoms with Gasteiger partial charge in [-0.25, -0.2) is 0 Å². The van der Waals surface area contributed by atoms with E-state index < -0.39 is 0 Å². The molecule has 0 radical (unpaired) electrons. The molecule has 1 atom stereocenters. The van der Waals surface area contributed by atoms with Crippen LogP contribution in [0.4, 0.5) is 0 Å². The van der Waals surface area contributed by atoms with Crippen molar-refractivity contribution in [3.8, 4) is 5.75 Å². The molecular formula is C20H25NO4. The molecule has 2 heterocycles. The van der Waals surface area contributed by atoms with Gasteiger partial charge in [0.25, 0.3) is 5.91 Å². The first-order valence-corrected chi connectivity index (χ1v) is 9.23. The Bertz CT molecular complexity index is 760. The molecule has 134 valence electrons. The molecule has 5 nitrogen and oxygen atoms in total. The molecule has 0 N–H and O–H groups in total. The molecule has 5 heteroatoms. The van der Waals surface area contributed by atoms with E-state index in [1.807, 2.05) is 25.2 Å². The van der Waals surface area contributed by atoms with Crippen LogP contribution in [0.5, 0.6) is 5.75 Å². The molecule has 2 aromatic rings. The number of amides is 1. The predicted octanol–water partition coefficient (Wildman–Crippen LogP) is 3.33. The molecule has 4 rings (SSSR count). The van der Waals surface area contributed by atoms with E-state index in [2.05, 4.69) is 0 Å². The van der Waals surface area contributed by atoms with E-state index in [4.69, 9.17) is 13.9 Å². The molecule has 1 saturated heterocycles. The summed E-state index contributed by atoms with van der Waals surface area (Å²) in [5.74, 6) is 1.82. The van der Waals surface area contributed by atoms with E-state index >= 15 is 0 Å². The first-order valence-electron chi connectivity index (χ1n) is 9.23. The highest BCUT2D eigenvalue weighted by Crippen LogP contribution is 2.33. The average molecular weight is 343 g/mol. The zero-order valence-corrected chi connectivity index (χ0v) is 14.8. The van der Waals surface area contributed by atoms with Crippen molar-refractivity contribution in [2.45, 2.75) is 44.6 Å². The van der Waals surface area contributed by atoms with Crippen LogP contribution in [0.1, 0.15) is 37.0 Å². The van der Waals surface area contributed by atoms with Gasteiger partial charge in [-0.2, -0.15) is 0 Å². The number of benzene rings is 1. The van der Waals surface area contributed by atoms with Crippen molar-refractivity contribution >= 4 is 16.9 Å². The predicted molar refractivity (Wildman–Crippen MR) is 95.0 cm³/mol. The topological polar surface area (TPSA) is 51.9 Å². The monoisotopic (exact) mass is 343 g/mol. The maximum absolute atomic E-state index is 12.3. The van der Waals surface area contributed by atoms with Gasteiger partial charge in [-0.05, 0) is 50.3 Å². The molecule has 0 spiro atoms. The zero-order valence-electron chi connectivity index (χ0n) is 14.8. The molecule has 1 unspecified atom stereocenters. The van der Waals surface area contributed by atoms with E-state index in [1.165, 1.54) is 18.4 Å². The Morgan fingerprint density at radius 2 is 2.16 bits per heavy atom. The Morgan fingerprint density at radius 3 is 3.00 bits per heavy atom. The number of aryl methyl sites for hydroxylation is 2. The Morgan fingerprint density at radius 1 is 1.28 bits per heavy atom. The van der Waals surface area contributed by atoms with Crippen LogP contribution in [-0.4, -0.2) is 43.7 Å². The highest BCUT2D eigenvalue weighted by atomic mass is 16.5. The Balaban J connectivity index is 1.39. The number of likely N-dealkylation sites (N-methyl/N-ethyl adjacent to an activating group) is 1. The number of nitrogens with zero attached hydrogens (tertiary/aromatic N) is 1. The number of carbonyl (C=O) groups is 1. The van der Waals surface area contributed by atoms with Gasteiger partial charge in [-0.3, -0.25) is 4.79 Å². The molecule has 0 saturated carbocycles. The highest BCUT2D eigenvalue weighted by molar-refractivity contribution is 5.84. The minimum Gasteiger partial charge on any atom is -0.484 e. The average Bonchev–Trinajstić information content (AvgIpc) is 3.26. The third-order valence-corrected chi connectivity index (χ3v) is 5.22. The first kappa shape index (κ1) is 16.5. The largest absolute Gasteiger partial charge is 0.484 e. The normalized spacial score (nSPS) is 19.8. The number of carbonyl (C=O) groups excluding carboxylic acids is 1. The fourth-order valence-corrected chi connectivity index (χ4v) is 3.78. The lowest BCUT2D eigenvalue weighted by molar-refractivity contribution is -0.133. The van der Waals surface area contributed by atoms with Crippen LogP contribution in [0.25, 0.3) is 11.0 Å². The Hall–Kier alpha value is -2.01. The SMILES string of the molecule is CN(CC1CCCO1)C(=O)COc1ccc2oc3c(c2c1)CCCC3. The maximum Gasteiger partial charge on any atom is 0.260 e. The van der Waals surface area contributed by atoms with Crippen LogP contribution in [0.2, 0.25) is 0 Å². The minimum absolute atomic E-state index is 0.0233. The lowest BCUT2D eigenvalue weighted by Gasteiger charge is -2.20. The molecular weight excluding hydrogens is 318 g/mol. The van der Waals surface area contributed by atoms with Crippen LogP contribution in [0, 0.1) is 0 Å². The van der Waals surface area contributed by atoms with E-state index in [-0.39, 0.29) is 18.6 Å². The molecule has 1 fully saturated rings. The van der Waals surface area contributed by atoms with Crippen molar-refractivity contribution in [1.29, 1.82) is 0 Å². The van der Waals surface area contributed by atoms with Gasteiger partial charge in [0.2, 0.25) is 0 Å².